The van der Waals surface area contributed by atoms with Gasteiger partial charge in [0.2, 0.25) is 0 Å². The maximum atomic E-state index is 11.8. The van der Waals surface area contributed by atoms with Gasteiger partial charge in [0.15, 0.2) is 0 Å². The van der Waals surface area contributed by atoms with Crippen molar-refractivity contribution in [2.75, 3.05) is 13.2 Å². The first kappa shape index (κ1) is 10.8. The molecule has 1 heterocycles. The van der Waals surface area contributed by atoms with Crippen molar-refractivity contribution in [3.05, 3.63) is 0 Å². The molecule has 0 radical (unpaired) electrons. The quantitative estimate of drug-likeness (QED) is 0.727. The van der Waals surface area contributed by atoms with Crippen LogP contribution in [0.2, 0.25) is 0 Å². The SMILES string of the molecule is CC1CC(OCC(F)(F)F)CCN1. The minimum atomic E-state index is -4.20. The second-order valence-electron chi connectivity index (χ2n) is 3.43. The summed E-state index contributed by atoms with van der Waals surface area (Å²) in [6.45, 7) is 1.57. The zero-order chi connectivity index (χ0) is 9.90. The van der Waals surface area contributed by atoms with Gasteiger partial charge >= 0.3 is 6.18 Å². The van der Waals surface area contributed by atoms with E-state index >= 15 is 0 Å². The fourth-order valence-electron chi connectivity index (χ4n) is 1.45. The summed E-state index contributed by atoms with van der Waals surface area (Å²) in [5.74, 6) is 0. The fraction of sp³-hybridized carbons (Fsp3) is 1.00. The zero-order valence-corrected chi connectivity index (χ0v) is 7.53. The molecule has 13 heavy (non-hydrogen) atoms. The van der Waals surface area contributed by atoms with E-state index in [0.717, 1.165) is 6.54 Å². The van der Waals surface area contributed by atoms with E-state index < -0.39 is 12.8 Å². The Morgan fingerprint density at radius 3 is 2.69 bits per heavy atom. The lowest BCUT2D eigenvalue weighted by Gasteiger charge is -2.28. The van der Waals surface area contributed by atoms with Crippen LogP contribution < -0.4 is 5.32 Å². The lowest BCUT2D eigenvalue weighted by atomic mass is 10.0. The molecule has 78 valence electrons. The lowest BCUT2D eigenvalue weighted by Crippen LogP contribution is -2.40. The highest BCUT2D eigenvalue weighted by Crippen LogP contribution is 2.19. The van der Waals surface area contributed by atoms with Gasteiger partial charge in [0.1, 0.15) is 6.61 Å². The van der Waals surface area contributed by atoms with Crippen molar-refractivity contribution in [2.45, 2.75) is 38.1 Å². The molecule has 5 heteroatoms. The fourth-order valence-corrected chi connectivity index (χ4v) is 1.45. The molecule has 0 saturated carbocycles. The summed E-state index contributed by atoms with van der Waals surface area (Å²) in [4.78, 5) is 0. The van der Waals surface area contributed by atoms with E-state index in [9.17, 15) is 13.2 Å². The van der Waals surface area contributed by atoms with Crippen LogP contribution in [-0.4, -0.2) is 31.5 Å². The summed E-state index contributed by atoms with van der Waals surface area (Å²) < 4.78 is 40.1. The third-order valence-electron chi connectivity index (χ3n) is 2.06. The molecule has 2 nitrogen and oxygen atoms in total. The first-order valence-electron chi connectivity index (χ1n) is 4.39. The summed E-state index contributed by atoms with van der Waals surface area (Å²) in [5, 5.41) is 3.15. The molecule has 2 atom stereocenters. The summed E-state index contributed by atoms with van der Waals surface area (Å²) >= 11 is 0. The Morgan fingerprint density at radius 1 is 1.46 bits per heavy atom. The Balaban J connectivity index is 2.21. The average molecular weight is 197 g/mol. The molecule has 0 aromatic heterocycles. The maximum absolute atomic E-state index is 11.8. The van der Waals surface area contributed by atoms with Crippen molar-refractivity contribution in [3.63, 3.8) is 0 Å². The molecule has 2 unspecified atom stereocenters. The minimum absolute atomic E-state index is 0.238. The molecule has 0 spiro atoms. The number of hydrogen-bond acceptors (Lipinski definition) is 2. The molecule has 1 N–H and O–H groups in total. The van der Waals surface area contributed by atoms with Crippen molar-refractivity contribution in [1.29, 1.82) is 0 Å². The summed E-state index contributed by atoms with van der Waals surface area (Å²) in [5.41, 5.74) is 0. The zero-order valence-electron chi connectivity index (χ0n) is 7.53. The van der Waals surface area contributed by atoms with Crippen molar-refractivity contribution in [1.82, 2.24) is 5.32 Å². The van der Waals surface area contributed by atoms with Crippen molar-refractivity contribution in [3.8, 4) is 0 Å². The predicted octanol–water partition coefficient (Wildman–Crippen LogP) is 1.71. The minimum Gasteiger partial charge on any atom is -0.369 e. The Hall–Kier alpha value is -0.290. The van der Waals surface area contributed by atoms with E-state index in [4.69, 9.17) is 4.74 Å². The third kappa shape index (κ3) is 4.47. The smallest absolute Gasteiger partial charge is 0.369 e. The first-order valence-corrected chi connectivity index (χ1v) is 4.39. The second kappa shape index (κ2) is 4.28. The molecule has 1 aliphatic heterocycles. The van der Waals surface area contributed by atoms with Crippen LogP contribution in [0.1, 0.15) is 19.8 Å². The molecule has 0 bridgehead atoms. The van der Waals surface area contributed by atoms with Gasteiger partial charge in [-0.25, -0.2) is 0 Å². The lowest BCUT2D eigenvalue weighted by molar-refractivity contribution is -0.188. The summed E-state index contributed by atoms with van der Waals surface area (Å²) in [7, 11) is 0. The van der Waals surface area contributed by atoms with E-state index in [1.54, 1.807) is 0 Å². The van der Waals surface area contributed by atoms with Crippen LogP contribution in [0.25, 0.3) is 0 Å². The van der Waals surface area contributed by atoms with E-state index in [0.29, 0.717) is 12.8 Å². The Bertz CT molecular complexity index is 160. The van der Waals surface area contributed by atoms with Gasteiger partial charge in [-0.1, -0.05) is 0 Å². The molecule has 1 fully saturated rings. The van der Waals surface area contributed by atoms with Crippen LogP contribution >= 0.6 is 0 Å². The van der Waals surface area contributed by atoms with E-state index in [1.165, 1.54) is 0 Å². The molecule has 0 aromatic carbocycles. The van der Waals surface area contributed by atoms with Crippen LogP contribution in [0.15, 0.2) is 0 Å². The van der Waals surface area contributed by atoms with Gasteiger partial charge in [0.05, 0.1) is 6.10 Å². The Labute approximate surface area is 75.4 Å². The standard InChI is InChI=1S/C8H14F3NO/c1-6-4-7(2-3-12-6)13-5-8(9,10)11/h6-7,12H,2-5H2,1H3. The number of hydrogen-bond donors (Lipinski definition) is 1. The predicted molar refractivity (Wildman–Crippen MR) is 42.5 cm³/mol. The van der Waals surface area contributed by atoms with Gasteiger partial charge in [-0.3, -0.25) is 0 Å². The van der Waals surface area contributed by atoms with Crippen LogP contribution in [-0.2, 0) is 4.74 Å². The summed E-state index contributed by atoms with van der Waals surface area (Å²) in [6, 6.07) is 0.256. The van der Waals surface area contributed by atoms with E-state index in [1.807, 2.05) is 6.92 Å². The number of halogens is 3. The number of rotatable bonds is 2. The Morgan fingerprint density at radius 2 is 2.15 bits per heavy atom. The largest absolute Gasteiger partial charge is 0.411 e. The van der Waals surface area contributed by atoms with Gasteiger partial charge in [-0.2, -0.15) is 13.2 Å². The van der Waals surface area contributed by atoms with Gasteiger partial charge in [0, 0.05) is 6.04 Å². The van der Waals surface area contributed by atoms with Gasteiger partial charge in [-0.05, 0) is 26.3 Å². The topological polar surface area (TPSA) is 21.3 Å². The number of ether oxygens (including phenoxy) is 1. The van der Waals surface area contributed by atoms with E-state index in [2.05, 4.69) is 5.32 Å². The molecular formula is C8H14F3NO. The Kier molecular flexibility index (Phi) is 3.55. The molecule has 0 aliphatic carbocycles. The van der Waals surface area contributed by atoms with Crippen LogP contribution in [0.5, 0.6) is 0 Å². The average Bonchev–Trinajstić information content (AvgIpc) is 2.00. The third-order valence-corrected chi connectivity index (χ3v) is 2.06. The van der Waals surface area contributed by atoms with Crippen LogP contribution in [0.4, 0.5) is 13.2 Å². The number of alkyl halides is 3. The molecule has 0 amide bonds. The molecule has 0 aromatic rings. The first-order chi connectivity index (χ1) is 5.97. The normalized spacial score (nSPS) is 30.5. The highest BCUT2D eigenvalue weighted by molar-refractivity contribution is 4.75. The monoisotopic (exact) mass is 197 g/mol. The van der Waals surface area contributed by atoms with Crippen LogP contribution in [0, 0.1) is 0 Å². The van der Waals surface area contributed by atoms with E-state index in [-0.39, 0.29) is 12.1 Å². The van der Waals surface area contributed by atoms with Crippen molar-refractivity contribution >= 4 is 0 Å². The second-order valence-corrected chi connectivity index (χ2v) is 3.43. The molecule has 1 aliphatic rings. The number of nitrogens with one attached hydrogen (secondary N) is 1. The highest BCUT2D eigenvalue weighted by Gasteiger charge is 2.30. The van der Waals surface area contributed by atoms with Crippen molar-refractivity contribution in [2.24, 2.45) is 0 Å². The molecule has 1 rings (SSSR count). The van der Waals surface area contributed by atoms with Gasteiger partial charge in [0.25, 0.3) is 0 Å². The molecule has 1 saturated heterocycles. The highest BCUT2D eigenvalue weighted by atomic mass is 19.4. The maximum Gasteiger partial charge on any atom is 0.411 e. The number of piperidine rings is 1. The van der Waals surface area contributed by atoms with Gasteiger partial charge in [-0.15, -0.1) is 0 Å². The van der Waals surface area contributed by atoms with Crippen LogP contribution in [0.3, 0.4) is 0 Å². The summed E-state index contributed by atoms with van der Waals surface area (Å²) in [6.07, 6.45) is -3.11. The molecular weight excluding hydrogens is 183 g/mol. The van der Waals surface area contributed by atoms with Crippen molar-refractivity contribution < 1.29 is 17.9 Å². The van der Waals surface area contributed by atoms with Gasteiger partial charge < -0.3 is 10.1 Å².